The molecule has 3 heterocycles. The summed E-state index contributed by atoms with van der Waals surface area (Å²) in [6.45, 7) is 0. The second-order valence-corrected chi connectivity index (χ2v) is 15.2. The Kier molecular flexibility index (Phi) is 7.93. The van der Waals surface area contributed by atoms with Crippen LogP contribution in [0.2, 0.25) is 0 Å². The van der Waals surface area contributed by atoms with Crippen LogP contribution in [0, 0.1) is 0 Å². The summed E-state index contributed by atoms with van der Waals surface area (Å²) in [6.07, 6.45) is 0. The second kappa shape index (κ2) is 13.7. The van der Waals surface area contributed by atoms with Crippen LogP contribution < -0.4 is 4.90 Å². The van der Waals surface area contributed by atoms with Crippen LogP contribution >= 0.6 is 11.3 Å². The minimum atomic E-state index is 0.651. The Balaban J connectivity index is 1.06. The van der Waals surface area contributed by atoms with Crippen LogP contribution in [0.3, 0.4) is 0 Å². The molecule has 6 heteroatoms. The number of benzene rings is 8. The number of anilines is 3. The fourth-order valence-corrected chi connectivity index (χ4v) is 9.03. The van der Waals surface area contributed by atoms with Crippen molar-refractivity contribution in [2.75, 3.05) is 4.90 Å². The highest BCUT2D eigenvalue weighted by Gasteiger charge is 2.19. The van der Waals surface area contributed by atoms with Gasteiger partial charge in [0.15, 0.2) is 17.5 Å². The third-order valence-corrected chi connectivity index (χ3v) is 11.8. The van der Waals surface area contributed by atoms with E-state index in [2.05, 4.69) is 149 Å². The van der Waals surface area contributed by atoms with Crippen LogP contribution in [-0.2, 0) is 0 Å². The van der Waals surface area contributed by atoms with Crippen molar-refractivity contribution in [2.45, 2.75) is 0 Å². The van der Waals surface area contributed by atoms with Crippen molar-refractivity contribution in [2.24, 2.45) is 0 Å². The molecule has 3 aromatic heterocycles. The van der Waals surface area contributed by atoms with Crippen molar-refractivity contribution in [3.63, 3.8) is 0 Å². The van der Waals surface area contributed by atoms with E-state index in [9.17, 15) is 0 Å². The minimum absolute atomic E-state index is 0.651. The lowest BCUT2D eigenvalue weighted by Crippen LogP contribution is -2.09. The fourth-order valence-electron chi connectivity index (χ4n) is 7.96. The minimum Gasteiger partial charge on any atom is -0.310 e. The van der Waals surface area contributed by atoms with E-state index in [1.807, 2.05) is 72.0 Å². The highest BCUT2D eigenvalue weighted by Crippen LogP contribution is 2.42. The van der Waals surface area contributed by atoms with E-state index in [0.717, 1.165) is 45.0 Å². The van der Waals surface area contributed by atoms with Gasteiger partial charge in [-0.3, -0.25) is 0 Å². The van der Waals surface area contributed by atoms with Gasteiger partial charge in [-0.1, -0.05) is 115 Å². The molecule has 0 aliphatic carbocycles. The first-order valence-corrected chi connectivity index (χ1v) is 19.8. The zero-order valence-corrected chi connectivity index (χ0v) is 31.5. The maximum atomic E-state index is 5.03. The summed E-state index contributed by atoms with van der Waals surface area (Å²) in [5, 5.41) is 4.81. The monoisotopic (exact) mass is 747 g/mol. The van der Waals surface area contributed by atoms with Crippen molar-refractivity contribution in [3.8, 4) is 39.9 Å². The van der Waals surface area contributed by atoms with Gasteiger partial charge < -0.3 is 9.47 Å². The summed E-state index contributed by atoms with van der Waals surface area (Å²) in [4.78, 5) is 17.3. The van der Waals surface area contributed by atoms with Gasteiger partial charge in [0, 0.05) is 70.4 Å². The van der Waals surface area contributed by atoms with E-state index in [-0.39, 0.29) is 0 Å². The third-order valence-electron chi connectivity index (χ3n) is 10.6. The number of rotatable bonds is 7. The largest absolute Gasteiger partial charge is 0.310 e. The average Bonchev–Trinajstić information content (AvgIpc) is 3.82. The predicted octanol–water partition coefficient (Wildman–Crippen LogP) is 13.8. The van der Waals surface area contributed by atoms with Crippen molar-refractivity contribution in [3.05, 3.63) is 200 Å². The van der Waals surface area contributed by atoms with Crippen LogP contribution in [-0.4, -0.2) is 19.5 Å². The number of thiophene rings is 1. The fraction of sp³-hybridized carbons (Fsp3) is 0. The molecule has 268 valence electrons. The molecule has 0 bridgehead atoms. The van der Waals surface area contributed by atoms with Gasteiger partial charge in [0.1, 0.15) is 0 Å². The van der Waals surface area contributed by atoms with E-state index in [1.165, 1.54) is 36.5 Å². The molecule has 0 spiro atoms. The van der Waals surface area contributed by atoms with E-state index in [4.69, 9.17) is 15.0 Å². The SMILES string of the molecule is c1ccc(-c2nc(-c3ccccc3)nc(-c3ccc4sc5ccc(-n6c7ccccc7c7cc(N(c8ccccc8)c8ccccc8)ccc76)cc5c4c3)n2)cc1. The number of hydrogen-bond acceptors (Lipinski definition) is 5. The van der Waals surface area contributed by atoms with Crippen molar-refractivity contribution in [1.29, 1.82) is 0 Å². The Morgan fingerprint density at radius 3 is 1.49 bits per heavy atom. The quantitative estimate of drug-likeness (QED) is 0.163. The molecule has 11 rings (SSSR count). The highest BCUT2D eigenvalue weighted by molar-refractivity contribution is 7.25. The zero-order valence-electron chi connectivity index (χ0n) is 30.7. The number of nitrogens with zero attached hydrogens (tertiary/aromatic N) is 5. The van der Waals surface area contributed by atoms with Crippen molar-refractivity contribution >= 4 is 70.4 Å². The lowest BCUT2D eigenvalue weighted by Gasteiger charge is -2.25. The summed E-state index contributed by atoms with van der Waals surface area (Å²) < 4.78 is 4.86. The number of fused-ring (bicyclic) bond motifs is 6. The molecule has 0 atom stereocenters. The molecule has 0 aliphatic rings. The molecule has 0 fully saturated rings. The van der Waals surface area contributed by atoms with Gasteiger partial charge in [0.25, 0.3) is 0 Å². The van der Waals surface area contributed by atoms with Crippen LogP contribution in [0.1, 0.15) is 0 Å². The Labute approximate surface area is 333 Å². The standard InChI is InChI=1S/C51H33N5S/c1-5-15-34(16-6-1)49-52-50(35-17-7-2-8-18-35)54-51(53-49)36-25-29-47-43(31-36)44-33-40(27-30-48(44)57-47)56-45-24-14-13-23-41(45)42-32-39(26-28-46(42)56)55(37-19-9-3-10-20-37)38-21-11-4-12-22-38/h1-33H. The summed E-state index contributed by atoms with van der Waals surface area (Å²) in [7, 11) is 0. The Hall–Kier alpha value is -7.41. The van der Waals surface area contributed by atoms with E-state index >= 15 is 0 Å². The molecule has 5 nitrogen and oxygen atoms in total. The van der Waals surface area contributed by atoms with Gasteiger partial charge in [-0.05, 0) is 84.9 Å². The molecular weight excluding hydrogens is 715 g/mol. The van der Waals surface area contributed by atoms with Gasteiger partial charge in [0.2, 0.25) is 0 Å². The first-order chi connectivity index (χ1) is 28.2. The van der Waals surface area contributed by atoms with E-state index in [1.54, 1.807) is 0 Å². The molecule has 0 saturated heterocycles. The first-order valence-electron chi connectivity index (χ1n) is 19.0. The molecule has 11 aromatic rings. The summed E-state index contributed by atoms with van der Waals surface area (Å²) in [6, 6.07) is 70.4. The Bertz CT molecular complexity index is 3130. The maximum absolute atomic E-state index is 5.03. The topological polar surface area (TPSA) is 46.8 Å². The molecule has 57 heavy (non-hydrogen) atoms. The summed E-state index contributed by atoms with van der Waals surface area (Å²) in [5.41, 5.74) is 9.65. The van der Waals surface area contributed by atoms with Gasteiger partial charge in [0.05, 0.1) is 11.0 Å². The lowest BCUT2D eigenvalue weighted by molar-refractivity contribution is 1.07. The molecule has 0 N–H and O–H groups in total. The molecular formula is C51H33N5S. The van der Waals surface area contributed by atoms with Gasteiger partial charge in [-0.25, -0.2) is 15.0 Å². The van der Waals surface area contributed by atoms with E-state index < -0.39 is 0 Å². The van der Waals surface area contributed by atoms with Gasteiger partial charge >= 0.3 is 0 Å². The lowest BCUT2D eigenvalue weighted by atomic mass is 10.1. The predicted molar refractivity (Wildman–Crippen MR) is 238 cm³/mol. The molecule has 0 radical (unpaired) electrons. The average molecular weight is 748 g/mol. The number of hydrogen-bond donors (Lipinski definition) is 0. The van der Waals surface area contributed by atoms with Crippen LogP contribution in [0.25, 0.3) is 81.8 Å². The Morgan fingerprint density at radius 1 is 0.351 bits per heavy atom. The van der Waals surface area contributed by atoms with Crippen molar-refractivity contribution in [1.82, 2.24) is 19.5 Å². The first kappa shape index (κ1) is 33.0. The Morgan fingerprint density at radius 2 is 0.860 bits per heavy atom. The second-order valence-electron chi connectivity index (χ2n) is 14.1. The smallest absolute Gasteiger partial charge is 0.164 e. The third kappa shape index (κ3) is 5.82. The van der Waals surface area contributed by atoms with Crippen LogP contribution in [0.15, 0.2) is 200 Å². The van der Waals surface area contributed by atoms with Crippen molar-refractivity contribution < 1.29 is 0 Å². The van der Waals surface area contributed by atoms with Gasteiger partial charge in [-0.2, -0.15) is 0 Å². The van der Waals surface area contributed by atoms with E-state index in [0.29, 0.717) is 17.5 Å². The number of para-hydroxylation sites is 3. The number of aromatic nitrogens is 4. The van der Waals surface area contributed by atoms with Gasteiger partial charge in [-0.15, -0.1) is 11.3 Å². The highest BCUT2D eigenvalue weighted by atomic mass is 32.1. The summed E-state index contributed by atoms with van der Waals surface area (Å²) in [5.74, 6) is 1.96. The molecule has 8 aromatic carbocycles. The van der Waals surface area contributed by atoms with Crippen LogP contribution in [0.4, 0.5) is 17.1 Å². The molecule has 0 aliphatic heterocycles. The zero-order chi connectivity index (χ0) is 37.7. The maximum Gasteiger partial charge on any atom is 0.164 e. The normalized spacial score (nSPS) is 11.5. The molecule has 0 unspecified atom stereocenters. The van der Waals surface area contributed by atoms with Crippen LogP contribution in [0.5, 0.6) is 0 Å². The molecule has 0 saturated carbocycles. The summed E-state index contributed by atoms with van der Waals surface area (Å²) >= 11 is 1.81. The molecule has 0 amide bonds.